The topological polar surface area (TPSA) is 50.5 Å². The van der Waals surface area contributed by atoms with Gasteiger partial charge in [-0.1, -0.05) is 30.3 Å². The second-order valence-corrected chi connectivity index (χ2v) is 6.29. The Kier molecular flexibility index (Phi) is 3.99. The Balaban J connectivity index is 1.58. The molecule has 1 aliphatic rings. The molecule has 5 nitrogen and oxygen atoms in total. The molecule has 1 aromatic carbocycles. The average Bonchev–Trinajstić information content (AvgIpc) is 3.07. The molecule has 1 amide bonds. The van der Waals surface area contributed by atoms with Gasteiger partial charge in [-0.25, -0.2) is 9.97 Å². The zero-order valence-electron chi connectivity index (χ0n) is 13.5. The summed E-state index contributed by atoms with van der Waals surface area (Å²) in [7, 11) is 0. The monoisotopic (exact) mass is 320 g/mol. The van der Waals surface area contributed by atoms with Crippen molar-refractivity contribution in [1.29, 1.82) is 0 Å². The van der Waals surface area contributed by atoms with Crippen LogP contribution in [-0.2, 0) is 6.42 Å². The predicted molar refractivity (Wildman–Crippen MR) is 91.8 cm³/mol. The van der Waals surface area contributed by atoms with Crippen LogP contribution in [0.15, 0.2) is 55.0 Å². The molecule has 0 aliphatic carbocycles. The van der Waals surface area contributed by atoms with Crippen molar-refractivity contribution >= 4 is 11.7 Å². The van der Waals surface area contributed by atoms with E-state index in [0.29, 0.717) is 11.5 Å². The highest BCUT2D eigenvalue weighted by Gasteiger charge is 2.29. The van der Waals surface area contributed by atoms with Crippen molar-refractivity contribution in [3.05, 3.63) is 66.2 Å². The van der Waals surface area contributed by atoms with Crippen molar-refractivity contribution in [2.45, 2.75) is 31.7 Å². The van der Waals surface area contributed by atoms with Crippen molar-refractivity contribution in [2.75, 3.05) is 6.54 Å². The minimum atomic E-state index is 0.0149. The number of carbonyl (C=O) groups excluding carboxylic acids is 1. The fourth-order valence-corrected chi connectivity index (χ4v) is 3.45. The van der Waals surface area contributed by atoms with Gasteiger partial charge < -0.3 is 4.90 Å². The molecule has 0 radical (unpaired) electrons. The molecule has 0 unspecified atom stereocenters. The first-order valence-corrected chi connectivity index (χ1v) is 8.46. The lowest BCUT2D eigenvalue weighted by atomic mass is 9.95. The molecule has 5 heteroatoms. The number of piperidine rings is 1. The Morgan fingerprint density at radius 2 is 2.04 bits per heavy atom. The van der Waals surface area contributed by atoms with E-state index in [2.05, 4.69) is 34.2 Å². The Hall–Kier alpha value is -2.69. The van der Waals surface area contributed by atoms with Gasteiger partial charge in [-0.15, -0.1) is 0 Å². The van der Waals surface area contributed by atoms with Gasteiger partial charge >= 0.3 is 0 Å². The molecule has 3 aromatic rings. The number of nitrogens with zero attached hydrogens (tertiary/aromatic N) is 4. The normalized spacial score (nSPS) is 18.0. The van der Waals surface area contributed by atoms with Gasteiger partial charge in [0.25, 0.3) is 5.91 Å². The zero-order chi connectivity index (χ0) is 16.4. The number of likely N-dealkylation sites (tertiary alicyclic amines) is 1. The molecule has 0 bridgehead atoms. The summed E-state index contributed by atoms with van der Waals surface area (Å²) in [6.07, 6.45) is 9.51. The number of carbonyl (C=O) groups is 1. The number of fused-ring (bicyclic) bond motifs is 1. The van der Waals surface area contributed by atoms with E-state index in [1.807, 2.05) is 23.2 Å². The maximum atomic E-state index is 13.0. The molecule has 0 saturated carbocycles. The first-order chi connectivity index (χ1) is 11.8. The minimum absolute atomic E-state index is 0.0149. The lowest BCUT2D eigenvalue weighted by Crippen LogP contribution is -2.45. The highest BCUT2D eigenvalue weighted by atomic mass is 16.2. The maximum Gasteiger partial charge on any atom is 0.274 e. The number of amides is 1. The maximum absolute atomic E-state index is 13.0. The number of hydrogen-bond acceptors (Lipinski definition) is 3. The van der Waals surface area contributed by atoms with E-state index in [1.165, 1.54) is 12.0 Å². The number of aromatic nitrogens is 3. The molecular formula is C19H20N4O. The number of hydrogen-bond donors (Lipinski definition) is 0. The summed E-state index contributed by atoms with van der Waals surface area (Å²) in [6, 6.07) is 12.5. The van der Waals surface area contributed by atoms with Crippen LogP contribution < -0.4 is 0 Å². The molecule has 1 aliphatic heterocycles. The van der Waals surface area contributed by atoms with Crippen LogP contribution in [0, 0.1) is 0 Å². The summed E-state index contributed by atoms with van der Waals surface area (Å²) in [5.74, 6) is 0.582. The summed E-state index contributed by atoms with van der Waals surface area (Å²) >= 11 is 0. The van der Waals surface area contributed by atoms with E-state index >= 15 is 0 Å². The van der Waals surface area contributed by atoms with Crippen molar-refractivity contribution < 1.29 is 4.79 Å². The molecule has 2 aromatic heterocycles. The Morgan fingerprint density at radius 3 is 2.88 bits per heavy atom. The van der Waals surface area contributed by atoms with E-state index in [9.17, 15) is 4.79 Å². The van der Waals surface area contributed by atoms with Crippen LogP contribution >= 0.6 is 0 Å². The van der Waals surface area contributed by atoms with E-state index < -0.39 is 0 Å². The Bertz CT molecular complexity index is 810. The highest BCUT2D eigenvalue weighted by Crippen LogP contribution is 2.22. The van der Waals surface area contributed by atoms with Gasteiger partial charge in [-0.2, -0.15) is 0 Å². The van der Waals surface area contributed by atoms with Crippen LogP contribution in [0.2, 0.25) is 0 Å². The van der Waals surface area contributed by atoms with Crippen LogP contribution in [0.5, 0.6) is 0 Å². The van der Waals surface area contributed by atoms with Crippen molar-refractivity contribution in [3.63, 3.8) is 0 Å². The summed E-state index contributed by atoms with van der Waals surface area (Å²) in [6.45, 7) is 0.803. The highest BCUT2D eigenvalue weighted by molar-refractivity contribution is 5.93. The van der Waals surface area contributed by atoms with Crippen LogP contribution in [0.25, 0.3) is 5.78 Å². The van der Waals surface area contributed by atoms with E-state index in [0.717, 1.165) is 25.8 Å². The predicted octanol–water partition coefficient (Wildman–Crippen LogP) is 2.97. The van der Waals surface area contributed by atoms with Crippen molar-refractivity contribution in [1.82, 2.24) is 19.3 Å². The van der Waals surface area contributed by atoms with Gasteiger partial charge in [0, 0.05) is 31.2 Å². The van der Waals surface area contributed by atoms with Gasteiger partial charge in [0.15, 0.2) is 0 Å². The van der Waals surface area contributed by atoms with Gasteiger partial charge in [0.05, 0.1) is 0 Å². The summed E-state index contributed by atoms with van der Waals surface area (Å²) in [5.41, 5.74) is 1.76. The molecule has 24 heavy (non-hydrogen) atoms. The second-order valence-electron chi connectivity index (χ2n) is 6.29. The summed E-state index contributed by atoms with van der Waals surface area (Å²) in [5, 5.41) is 0. The molecule has 1 atom stereocenters. The quantitative estimate of drug-likeness (QED) is 0.745. The third-order valence-electron chi connectivity index (χ3n) is 4.66. The molecule has 1 saturated heterocycles. The van der Waals surface area contributed by atoms with E-state index in [-0.39, 0.29) is 11.9 Å². The Morgan fingerprint density at radius 1 is 1.17 bits per heavy atom. The summed E-state index contributed by atoms with van der Waals surface area (Å²) in [4.78, 5) is 23.6. The third kappa shape index (κ3) is 2.89. The first-order valence-electron chi connectivity index (χ1n) is 8.46. The van der Waals surface area contributed by atoms with Crippen LogP contribution in [0.3, 0.4) is 0 Å². The number of imidazole rings is 1. The van der Waals surface area contributed by atoms with Gasteiger partial charge in [-0.05, 0) is 37.3 Å². The number of rotatable bonds is 3. The van der Waals surface area contributed by atoms with Gasteiger partial charge in [0.1, 0.15) is 5.69 Å². The van der Waals surface area contributed by atoms with Crippen molar-refractivity contribution in [3.8, 4) is 0 Å². The first kappa shape index (κ1) is 14.9. The van der Waals surface area contributed by atoms with Gasteiger partial charge in [-0.3, -0.25) is 9.20 Å². The van der Waals surface area contributed by atoms with Crippen LogP contribution in [-0.4, -0.2) is 37.8 Å². The lowest BCUT2D eigenvalue weighted by Gasteiger charge is -2.35. The fraction of sp³-hybridized carbons (Fsp3) is 0.316. The standard InChI is InChI=1S/C19H20N4O/c24-18(17-14-22-11-6-10-20-19(22)21-17)23-12-5-4-9-16(23)13-15-7-2-1-3-8-15/h1-3,6-8,10-11,14,16H,4-5,9,12-13H2/t16-/m1/s1. The second kappa shape index (κ2) is 6.43. The Labute approximate surface area is 141 Å². The molecule has 3 heterocycles. The lowest BCUT2D eigenvalue weighted by molar-refractivity contribution is 0.0608. The van der Waals surface area contributed by atoms with E-state index in [4.69, 9.17) is 0 Å². The van der Waals surface area contributed by atoms with Crippen molar-refractivity contribution in [2.24, 2.45) is 0 Å². The van der Waals surface area contributed by atoms with E-state index in [1.54, 1.807) is 16.8 Å². The molecule has 0 N–H and O–H groups in total. The summed E-state index contributed by atoms with van der Waals surface area (Å²) < 4.78 is 1.80. The third-order valence-corrected chi connectivity index (χ3v) is 4.66. The minimum Gasteiger partial charge on any atom is -0.334 e. The van der Waals surface area contributed by atoms with Crippen LogP contribution in [0.1, 0.15) is 35.3 Å². The van der Waals surface area contributed by atoms with Gasteiger partial charge in [0.2, 0.25) is 5.78 Å². The molecule has 4 rings (SSSR count). The number of benzene rings is 1. The molecular weight excluding hydrogens is 300 g/mol. The molecule has 1 fully saturated rings. The largest absolute Gasteiger partial charge is 0.334 e. The smallest absolute Gasteiger partial charge is 0.274 e. The molecule has 122 valence electrons. The average molecular weight is 320 g/mol. The SMILES string of the molecule is O=C(c1cn2cccnc2n1)N1CCCC[C@@H]1Cc1ccccc1. The fourth-order valence-electron chi connectivity index (χ4n) is 3.45. The zero-order valence-corrected chi connectivity index (χ0v) is 13.5. The molecule has 0 spiro atoms. The van der Waals surface area contributed by atoms with Crippen LogP contribution in [0.4, 0.5) is 0 Å².